The van der Waals surface area contributed by atoms with Gasteiger partial charge in [-0.1, -0.05) is 6.08 Å². The molecular weight excluding hydrogens is 216 g/mol. The second-order valence-corrected chi connectivity index (χ2v) is 3.67. The van der Waals surface area contributed by atoms with Gasteiger partial charge in [-0.25, -0.2) is 4.98 Å². The fourth-order valence-electron chi connectivity index (χ4n) is 1.87. The standard InChI is InChI=1S/C13H16N2O2/c1-3-7-15-12-6-5-10(17-4-2)8-11(12)14-13(15)9-16/h3,5-6,8,16H,1,4,7,9H2,2H3. The van der Waals surface area contributed by atoms with Crippen molar-refractivity contribution < 1.29 is 9.84 Å². The summed E-state index contributed by atoms with van der Waals surface area (Å²) in [6.45, 7) is 6.85. The van der Waals surface area contributed by atoms with Gasteiger partial charge in [0.2, 0.25) is 0 Å². The van der Waals surface area contributed by atoms with Crippen LogP contribution in [0.1, 0.15) is 12.7 Å². The Morgan fingerprint density at radius 2 is 2.35 bits per heavy atom. The van der Waals surface area contributed by atoms with E-state index >= 15 is 0 Å². The second kappa shape index (κ2) is 5.01. The molecule has 0 aliphatic carbocycles. The van der Waals surface area contributed by atoms with Gasteiger partial charge in [0.25, 0.3) is 0 Å². The van der Waals surface area contributed by atoms with Crippen molar-refractivity contribution >= 4 is 11.0 Å². The van der Waals surface area contributed by atoms with Gasteiger partial charge in [0, 0.05) is 12.6 Å². The first-order valence-electron chi connectivity index (χ1n) is 5.63. The van der Waals surface area contributed by atoms with E-state index in [4.69, 9.17) is 4.74 Å². The molecule has 1 aromatic heterocycles. The predicted octanol–water partition coefficient (Wildman–Crippen LogP) is 2.11. The molecule has 17 heavy (non-hydrogen) atoms. The summed E-state index contributed by atoms with van der Waals surface area (Å²) in [5, 5.41) is 9.27. The third kappa shape index (κ3) is 2.17. The molecule has 2 rings (SSSR count). The van der Waals surface area contributed by atoms with Gasteiger partial charge in [0.05, 0.1) is 17.6 Å². The number of hydrogen-bond donors (Lipinski definition) is 1. The molecule has 0 atom stereocenters. The Morgan fingerprint density at radius 1 is 1.53 bits per heavy atom. The molecule has 0 aliphatic rings. The van der Waals surface area contributed by atoms with E-state index in [9.17, 15) is 5.11 Å². The first-order chi connectivity index (χ1) is 8.30. The quantitative estimate of drug-likeness (QED) is 0.803. The van der Waals surface area contributed by atoms with Crippen LogP contribution < -0.4 is 4.74 Å². The van der Waals surface area contributed by atoms with Gasteiger partial charge < -0.3 is 14.4 Å². The maximum Gasteiger partial charge on any atom is 0.136 e. The summed E-state index contributed by atoms with van der Waals surface area (Å²) in [5.74, 6) is 1.45. The number of fused-ring (bicyclic) bond motifs is 1. The summed E-state index contributed by atoms with van der Waals surface area (Å²) < 4.78 is 7.37. The highest BCUT2D eigenvalue weighted by atomic mass is 16.5. The number of aliphatic hydroxyl groups excluding tert-OH is 1. The van der Waals surface area contributed by atoms with Crippen molar-refractivity contribution in [1.29, 1.82) is 0 Å². The molecule has 0 spiro atoms. The highest BCUT2D eigenvalue weighted by molar-refractivity contribution is 5.77. The van der Waals surface area contributed by atoms with E-state index in [-0.39, 0.29) is 6.61 Å². The number of aromatic nitrogens is 2. The second-order valence-electron chi connectivity index (χ2n) is 3.67. The van der Waals surface area contributed by atoms with Crippen molar-refractivity contribution in [3.05, 3.63) is 36.7 Å². The molecule has 0 saturated heterocycles. The van der Waals surface area contributed by atoms with Crippen LogP contribution in [0.4, 0.5) is 0 Å². The number of aliphatic hydroxyl groups is 1. The Hall–Kier alpha value is -1.81. The zero-order valence-electron chi connectivity index (χ0n) is 9.89. The largest absolute Gasteiger partial charge is 0.494 e. The van der Waals surface area contributed by atoms with Crippen molar-refractivity contribution in [3.8, 4) is 5.75 Å². The smallest absolute Gasteiger partial charge is 0.136 e. The van der Waals surface area contributed by atoms with E-state index in [0.717, 1.165) is 16.8 Å². The van der Waals surface area contributed by atoms with Crippen LogP contribution >= 0.6 is 0 Å². The molecule has 0 bridgehead atoms. The number of allylic oxidation sites excluding steroid dienone is 1. The van der Waals surface area contributed by atoms with E-state index in [2.05, 4.69) is 11.6 Å². The van der Waals surface area contributed by atoms with E-state index in [0.29, 0.717) is 19.0 Å². The molecule has 4 heteroatoms. The van der Waals surface area contributed by atoms with Crippen LogP contribution in [0.15, 0.2) is 30.9 Å². The molecule has 4 nitrogen and oxygen atoms in total. The Labute approximate surface area is 100 Å². The van der Waals surface area contributed by atoms with Crippen LogP contribution in [0, 0.1) is 0 Å². The number of imidazole rings is 1. The lowest BCUT2D eigenvalue weighted by molar-refractivity contribution is 0.267. The van der Waals surface area contributed by atoms with Crippen LogP contribution in [0.25, 0.3) is 11.0 Å². The molecule has 1 aromatic carbocycles. The van der Waals surface area contributed by atoms with Crippen LogP contribution in [-0.4, -0.2) is 21.3 Å². The van der Waals surface area contributed by atoms with Crippen LogP contribution in [0.5, 0.6) is 5.75 Å². The van der Waals surface area contributed by atoms with E-state index in [1.807, 2.05) is 29.7 Å². The number of rotatable bonds is 5. The van der Waals surface area contributed by atoms with Gasteiger partial charge in [-0.15, -0.1) is 6.58 Å². The van der Waals surface area contributed by atoms with Crippen LogP contribution in [-0.2, 0) is 13.2 Å². The summed E-state index contributed by atoms with van der Waals surface area (Å²) in [6.07, 6.45) is 1.79. The Bertz CT molecular complexity index is 531. The summed E-state index contributed by atoms with van der Waals surface area (Å²) in [5.41, 5.74) is 1.82. The van der Waals surface area contributed by atoms with Crippen molar-refractivity contribution in [1.82, 2.24) is 9.55 Å². The minimum Gasteiger partial charge on any atom is -0.494 e. The molecule has 2 aromatic rings. The van der Waals surface area contributed by atoms with Gasteiger partial charge in [0.15, 0.2) is 0 Å². The topological polar surface area (TPSA) is 47.3 Å². The minimum atomic E-state index is -0.0769. The Kier molecular flexibility index (Phi) is 3.44. The zero-order valence-corrected chi connectivity index (χ0v) is 9.89. The van der Waals surface area contributed by atoms with Gasteiger partial charge >= 0.3 is 0 Å². The first kappa shape index (κ1) is 11.7. The molecule has 90 valence electrons. The zero-order chi connectivity index (χ0) is 12.3. The Morgan fingerprint density at radius 3 is 3.00 bits per heavy atom. The summed E-state index contributed by atoms with van der Waals surface area (Å²) in [7, 11) is 0. The minimum absolute atomic E-state index is 0.0769. The fraction of sp³-hybridized carbons (Fsp3) is 0.308. The van der Waals surface area contributed by atoms with E-state index < -0.39 is 0 Å². The van der Waals surface area contributed by atoms with Gasteiger partial charge in [0.1, 0.15) is 18.2 Å². The lowest BCUT2D eigenvalue weighted by Gasteiger charge is -2.05. The van der Waals surface area contributed by atoms with Gasteiger partial charge in [-0.3, -0.25) is 0 Å². The highest BCUT2D eigenvalue weighted by Crippen LogP contribution is 2.22. The van der Waals surface area contributed by atoms with Crippen molar-refractivity contribution in [2.24, 2.45) is 0 Å². The molecule has 1 heterocycles. The highest BCUT2D eigenvalue weighted by Gasteiger charge is 2.09. The van der Waals surface area contributed by atoms with Crippen molar-refractivity contribution in [2.45, 2.75) is 20.1 Å². The maximum atomic E-state index is 9.27. The lowest BCUT2D eigenvalue weighted by Crippen LogP contribution is -2.01. The van der Waals surface area contributed by atoms with Crippen molar-refractivity contribution in [3.63, 3.8) is 0 Å². The summed E-state index contributed by atoms with van der Waals surface area (Å²) in [4.78, 5) is 4.38. The number of ether oxygens (including phenoxy) is 1. The molecule has 1 N–H and O–H groups in total. The van der Waals surface area contributed by atoms with E-state index in [1.165, 1.54) is 0 Å². The number of benzene rings is 1. The van der Waals surface area contributed by atoms with Gasteiger partial charge in [-0.05, 0) is 19.1 Å². The molecule has 0 unspecified atom stereocenters. The van der Waals surface area contributed by atoms with Crippen LogP contribution in [0.3, 0.4) is 0 Å². The Balaban J connectivity index is 2.52. The van der Waals surface area contributed by atoms with Crippen LogP contribution in [0.2, 0.25) is 0 Å². The average Bonchev–Trinajstić information content (AvgIpc) is 2.68. The van der Waals surface area contributed by atoms with Crippen molar-refractivity contribution in [2.75, 3.05) is 6.61 Å². The average molecular weight is 232 g/mol. The molecule has 0 radical (unpaired) electrons. The first-order valence-corrected chi connectivity index (χ1v) is 5.63. The molecule has 0 amide bonds. The summed E-state index contributed by atoms with van der Waals surface area (Å²) in [6, 6.07) is 5.75. The third-order valence-electron chi connectivity index (χ3n) is 2.56. The predicted molar refractivity (Wildman–Crippen MR) is 67.0 cm³/mol. The summed E-state index contributed by atoms with van der Waals surface area (Å²) >= 11 is 0. The normalized spacial score (nSPS) is 10.7. The monoisotopic (exact) mass is 232 g/mol. The molecule has 0 fully saturated rings. The SMILES string of the molecule is C=CCn1c(CO)nc2cc(OCC)ccc21. The molecule has 0 saturated carbocycles. The molecule has 0 aliphatic heterocycles. The number of nitrogens with zero attached hydrogens (tertiary/aromatic N) is 2. The lowest BCUT2D eigenvalue weighted by atomic mass is 10.3. The number of hydrogen-bond acceptors (Lipinski definition) is 3. The third-order valence-corrected chi connectivity index (χ3v) is 2.56. The molecular formula is C13H16N2O2. The fourth-order valence-corrected chi connectivity index (χ4v) is 1.87. The van der Waals surface area contributed by atoms with Gasteiger partial charge in [-0.2, -0.15) is 0 Å². The van der Waals surface area contributed by atoms with E-state index in [1.54, 1.807) is 6.08 Å². The maximum absolute atomic E-state index is 9.27.